The Morgan fingerprint density at radius 3 is 2.33 bits per heavy atom. The number of benzene rings is 1. The molecule has 1 rings (SSSR count). The second-order valence-corrected chi connectivity index (χ2v) is 2.81. The smallest absolute Gasteiger partial charge is 0.251 e. The summed E-state index contributed by atoms with van der Waals surface area (Å²) in [6, 6.07) is 7.62. The highest BCUT2D eigenvalue weighted by Crippen LogP contribution is 2.10. The van der Waals surface area contributed by atoms with Crippen LogP contribution in [0.4, 0.5) is 5.69 Å². The van der Waals surface area contributed by atoms with E-state index < -0.39 is 17.8 Å². The van der Waals surface area contributed by atoms with E-state index in [0.29, 0.717) is 5.69 Å². The lowest BCUT2D eigenvalue weighted by atomic mass is 10.3. The summed E-state index contributed by atoms with van der Waals surface area (Å²) >= 11 is 0. The first-order chi connectivity index (χ1) is 7.11. The molecule has 1 amide bonds. The molecule has 0 aliphatic heterocycles. The number of azo groups is 1. The van der Waals surface area contributed by atoms with E-state index in [4.69, 9.17) is 16.9 Å². The molecule has 1 unspecified atom stereocenters. The maximum atomic E-state index is 10.8. The zero-order valence-electron chi connectivity index (χ0n) is 7.92. The number of rotatable bonds is 4. The first-order valence-corrected chi connectivity index (χ1v) is 4.20. The summed E-state index contributed by atoms with van der Waals surface area (Å²) in [6.45, 7) is 0. The van der Waals surface area contributed by atoms with Crippen molar-refractivity contribution in [3.8, 4) is 0 Å². The van der Waals surface area contributed by atoms with Crippen LogP contribution in [-0.2, 0) is 4.79 Å². The second-order valence-electron chi connectivity index (χ2n) is 2.81. The Morgan fingerprint density at radius 2 is 1.87 bits per heavy atom. The van der Waals surface area contributed by atoms with Gasteiger partial charge in [-0.05, 0) is 12.1 Å². The third-order valence-corrected chi connectivity index (χ3v) is 1.61. The lowest BCUT2D eigenvalue weighted by molar-refractivity contribution is -0.117. The normalized spacial score (nSPS) is 12.5. The van der Waals surface area contributed by atoms with Crippen LogP contribution in [-0.4, -0.2) is 17.8 Å². The molecule has 0 heterocycles. The van der Waals surface area contributed by atoms with E-state index in [1.165, 1.54) is 0 Å². The number of nitrogens with two attached hydrogens (primary N) is 2. The summed E-state index contributed by atoms with van der Waals surface area (Å²) in [6.07, 6.45) is 0. The van der Waals surface area contributed by atoms with Gasteiger partial charge in [0.25, 0.3) is 5.91 Å². The molecule has 0 bridgehead atoms. The van der Waals surface area contributed by atoms with Crippen LogP contribution in [0, 0.1) is 5.41 Å². The largest absolute Gasteiger partial charge is 0.385 e. The Hall–Kier alpha value is -2.24. The minimum Gasteiger partial charge on any atom is -0.385 e. The van der Waals surface area contributed by atoms with Crippen LogP contribution in [0.25, 0.3) is 0 Å². The number of carbonyl (C=O) groups excluding carboxylic acids is 1. The van der Waals surface area contributed by atoms with Crippen LogP contribution in [0.1, 0.15) is 0 Å². The van der Waals surface area contributed by atoms with Gasteiger partial charge in [0.15, 0.2) is 0 Å². The summed E-state index contributed by atoms with van der Waals surface area (Å²) in [5.74, 6) is -1.20. The highest BCUT2D eigenvalue weighted by Gasteiger charge is 2.17. The van der Waals surface area contributed by atoms with E-state index in [1.54, 1.807) is 24.3 Å². The van der Waals surface area contributed by atoms with Crippen molar-refractivity contribution in [1.29, 1.82) is 5.41 Å². The predicted octanol–water partition coefficient (Wildman–Crippen LogP) is 0.560. The van der Waals surface area contributed by atoms with E-state index in [0.717, 1.165) is 0 Å². The van der Waals surface area contributed by atoms with Gasteiger partial charge in [0.1, 0.15) is 5.84 Å². The molecule has 0 fully saturated rings. The highest BCUT2D eigenvalue weighted by molar-refractivity contribution is 6.04. The Bertz CT molecular complexity index is 373. The number of nitrogens with one attached hydrogen (secondary N) is 1. The van der Waals surface area contributed by atoms with Gasteiger partial charge in [0.05, 0.1) is 5.69 Å². The molecule has 0 saturated heterocycles. The van der Waals surface area contributed by atoms with Crippen molar-refractivity contribution in [3.05, 3.63) is 30.3 Å². The standard InChI is InChI=1S/C9H11N5O/c10-8(11)7(9(12)15)14-13-6-4-2-1-3-5-6/h1-5,7H,(H3,10,11)(H2,12,15). The second kappa shape index (κ2) is 4.85. The average Bonchev–Trinajstić information content (AvgIpc) is 2.18. The van der Waals surface area contributed by atoms with Crippen LogP contribution in [0.2, 0.25) is 0 Å². The first kappa shape index (κ1) is 10.8. The molecule has 5 N–H and O–H groups in total. The zero-order chi connectivity index (χ0) is 11.3. The molecule has 6 nitrogen and oxygen atoms in total. The van der Waals surface area contributed by atoms with Gasteiger partial charge in [-0.2, -0.15) is 10.2 Å². The number of nitrogens with zero attached hydrogens (tertiary/aromatic N) is 2. The molecule has 0 aliphatic carbocycles. The molecule has 15 heavy (non-hydrogen) atoms. The van der Waals surface area contributed by atoms with E-state index >= 15 is 0 Å². The molecule has 0 spiro atoms. The van der Waals surface area contributed by atoms with Gasteiger partial charge >= 0.3 is 0 Å². The van der Waals surface area contributed by atoms with E-state index in [9.17, 15) is 4.79 Å². The average molecular weight is 205 g/mol. The van der Waals surface area contributed by atoms with Crippen LogP contribution >= 0.6 is 0 Å². The number of primary amides is 1. The molecule has 78 valence electrons. The van der Waals surface area contributed by atoms with Gasteiger partial charge in [-0.1, -0.05) is 18.2 Å². The van der Waals surface area contributed by atoms with Crippen LogP contribution in [0.3, 0.4) is 0 Å². The molecule has 1 aromatic carbocycles. The zero-order valence-corrected chi connectivity index (χ0v) is 7.92. The van der Waals surface area contributed by atoms with Gasteiger partial charge in [-0.15, -0.1) is 0 Å². The topological polar surface area (TPSA) is 118 Å². The lowest BCUT2D eigenvalue weighted by Gasteiger charge is -2.03. The summed E-state index contributed by atoms with van der Waals surface area (Å²) in [4.78, 5) is 10.8. The third-order valence-electron chi connectivity index (χ3n) is 1.61. The summed E-state index contributed by atoms with van der Waals surface area (Å²) in [5.41, 5.74) is 10.7. The molecule has 6 heteroatoms. The quantitative estimate of drug-likeness (QED) is 0.378. The minimum atomic E-state index is -1.19. The maximum Gasteiger partial charge on any atom is 0.251 e. The van der Waals surface area contributed by atoms with Crippen molar-refractivity contribution < 1.29 is 4.79 Å². The fourth-order valence-corrected chi connectivity index (χ4v) is 0.891. The number of amides is 1. The predicted molar refractivity (Wildman–Crippen MR) is 55.9 cm³/mol. The maximum absolute atomic E-state index is 10.8. The SMILES string of the molecule is N=C(N)C(N=Nc1ccccc1)C(N)=O. The van der Waals surface area contributed by atoms with Gasteiger partial charge in [-0.3, -0.25) is 10.2 Å². The van der Waals surface area contributed by atoms with Crippen molar-refractivity contribution in [1.82, 2.24) is 0 Å². The molecular formula is C9H11N5O. The molecule has 1 aromatic rings. The summed E-state index contributed by atoms with van der Waals surface area (Å²) < 4.78 is 0. The van der Waals surface area contributed by atoms with Gasteiger partial charge in [-0.25, -0.2) is 0 Å². The molecule has 1 atom stereocenters. The molecule has 0 aliphatic rings. The highest BCUT2D eigenvalue weighted by atomic mass is 16.1. The third kappa shape index (κ3) is 3.18. The van der Waals surface area contributed by atoms with Crippen molar-refractivity contribution >= 4 is 17.4 Å². The first-order valence-electron chi connectivity index (χ1n) is 4.20. The number of hydrogen-bond acceptors (Lipinski definition) is 4. The lowest BCUT2D eigenvalue weighted by Crippen LogP contribution is -2.38. The minimum absolute atomic E-state index is 0.415. The van der Waals surface area contributed by atoms with E-state index in [1.807, 2.05) is 6.07 Å². The molecular weight excluding hydrogens is 194 g/mol. The van der Waals surface area contributed by atoms with Crippen LogP contribution in [0.5, 0.6) is 0 Å². The van der Waals surface area contributed by atoms with Crippen LogP contribution in [0.15, 0.2) is 40.6 Å². The Morgan fingerprint density at radius 1 is 1.27 bits per heavy atom. The summed E-state index contributed by atoms with van der Waals surface area (Å²) in [5, 5.41) is 14.4. The number of hydrogen-bond donors (Lipinski definition) is 3. The monoisotopic (exact) mass is 205 g/mol. The fourth-order valence-electron chi connectivity index (χ4n) is 0.891. The number of carbonyl (C=O) groups is 1. The van der Waals surface area contributed by atoms with Gasteiger partial charge < -0.3 is 11.5 Å². The van der Waals surface area contributed by atoms with Crippen molar-refractivity contribution in [2.45, 2.75) is 6.04 Å². The summed E-state index contributed by atoms with van der Waals surface area (Å²) in [7, 11) is 0. The van der Waals surface area contributed by atoms with Gasteiger partial charge in [0, 0.05) is 0 Å². The molecule has 0 saturated carbocycles. The van der Waals surface area contributed by atoms with Crippen molar-refractivity contribution in [2.75, 3.05) is 0 Å². The molecule has 0 radical (unpaired) electrons. The van der Waals surface area contributed by atoms with Gasteiger partial charge in [0.2, 0.25) is 6.04 Å². The Kier molecular flexibility index (Phi) is 3.50. The van der Waals surface area contributed by atoms with Crippen molar-refractivity contribution in [2.24, 2.45) is 21.7 Å². The van der Waals surface area contributed by atoms with Crippen LogP contribution < -0.4 is 11.5 Å². The van der Waals surface area contributed by atoms with Crippen molar-refractivity contribution in [3.63, 3.8) is 0 Å². The number of amidine groups is 1. The molecule has 0 aromatic heterocycles. The van der Waals surface area contributed by atoms with E-state index in [2.05, 4.69) is 10.2 Å². The Balaban J connectivity index is 2.79. The van der Waals surface area contributed by atoms with E-state index in [-0.39, 0.29) is 0 Å². The fraction of sp³-hybridized carbons (Fsp3) is 0.111. The Labute approximate surface area is 86.5 Å².